The monoisotopic (exact) mass is 358 g/mol. The standard InChI is InChI=1S/C15H22N2O4S2/c1-17(21-2)15(18)14(9-11-22-3)16-23(19,20)12-10-13-7-5-4-6-8-13/h4-8,10,12,14,16H,9,11H2,1-3H3/b12-10+. The maximum atomic E-state index is 12.2. The van der Waals surface area contributed by atoms with E-state index in [4.69, 9.17) is 4.84 Å². The second-order valence-electron chi connectivity index (χ2n) is 4.73. The number of likely N-dealkylation sites (N-methyl/N-ethyl adjacent to an activating group) is 1. The van der Waals surface area contributed by atoms with Crippen molar-refractivity contribution >= 4 is 33.8 Å². The molecule has 1 unspecified atom stereocenters. The van der Waals surface area contributed by atoms with E-state index in [1.165, 1.54) is 32.0 Å². The lowest BCUT2D eigenvalue weighted by Crippen LogP contribution is -2.46. The van der Waals surface area contributed by atoms with E-state index in [2.05, 4.69) is 4.72 Å². The number of nitrogens with zero attached hydrogens (tertiary/aromatic N) is 1. The summed E-state index contributed by atoms with van der Waals surface area (Å²) in [5.41, 5.74) is 0.763. The van der Waals surface area contributed by atoms with Crippen molar-refractivity contribution < 1.29 is 18.0 Å². The van der Waals surface area contributed by atoms with Crippen molar-refractivity contribution in [2.75, 3.05) is 26.2 Å². The maximum absolute atomic E-state index is 12.2. The second-order valence-corrected chi connectivity index (χ2v) is 7.31. The molecule has 1 aromatic carbocycles. The van der Waals surface area contributed by atoms with Gasteiger partial charge in [0, 0.05) is 12.5 Å². The van der Waals surface area contributed by atoms with Gasteiger partial charge in [-0.15, -0.1) is 0 Å². The number of carbonyl (C=O) groups is 1. The van der Waals surface area contributed by atoms with Crippen LogP contribution in [-0.4, -0.2) is 51.6 Å². The van der Waals surface area contributed by atoms with E-state index in [0.29, 0.717) is 12.2 Å². The minimum Gasteiger partial charge on any atom is -0.275 e. The molecule has 23 heavy (non-hydrogen) atoms. The summed E-state index contributed by atoms with van der Waals surface area (Å²) in [5, 5.41) is 2.09. The van der Waals surface area contributed by atoms with Crippen LogP contribution in [-0.2, 0) is 19.7 Å². The van der Waals surface area contributed by atoms with Gasteiger partial charge in [-0.1, -0.05) is 30.3 Å². The maximum Gasteiger partial charge on any atom is 0.264 e. The molecule has 0 radical (unpaired) electrons. The number of rotatable bonds is 9. The number of benzene rings is 1. The first kappa shape index (κ1) is 19.7. The lowest BCUT2D eigenvalue weighted by atomic mass is 10.2. The van der Waals surface area contributed by atoms with Crippen LogP contribution < -0.4 is 4.72 Å². The second kappa shape index (κ2) is 9.71. The Balaban J connectivity index is 2.83. The Morgan fingerprint density at radius 1 is 1.39 bits per heavy atom. The SMILES string of the molecule is CON(C)C(=O)C(CCSC)NS(=O)(=O)/C=C/c1ccccc1. The molecule has 1 amide bonds. The van der Waals surface area contributed by atoms with Gasteiger partial charge in [0.2, 0.25) is 10.0 Å². The molecule has 0 fully saturated rings. The average Bonchev–Trinajstić information content (AvgIpc) is 2.56. The summed E-state index contributed by atoms with van der Waals surface area (Å²) < 4.78 is 26.8. The smallest absolute Gasteiger partial charge is 0.264 e. The zero-order valence-corrected chi connectivity index (χ0v) is 15.1. The van der Waals surface area contributed by atoms with Crippen LogP contribution in [0.4, 0.5) is 0 Å². The molecule has 0 aliphatic heterocycles. The fraction of sp³-hybridized carbons (Fsp3) is 0.400. The van der Waals surface area contributed by atoms with E-state index < -0.39 is 22.0 Å². The summed E-state index contributed by atoms with van der Waals surface area (Å²) in [6.07, 6.45) is 3.76. The molecule has 1 aromatic rings. The number of hydrogen-bond acceptors (Lipinski definition) is 5. The Morgan fingerprint density at radius 2 is 2.04 bits per heavy atom. The van der Waals surface area contributed by atoms with Crippen LogP contribution in [0.5, 0.6) is 0 Å². The predicted molar refractivity (Wildman–Crippen MR) is 94.1 cm³/mol. The van der Waals surface area contributed by atoms with Crippen LogP contribution in [0.25, 0.3) is 6.08 Å². The highest BCUT2D eigenvalue weighted by Gasteiger charge is 2.25. The van der Waals surface area contributed by atoms with Crippen molar-refractivity contribution in [2.45, 2.75) is 12.5 Å². The Kier molecular flexibility index (Phi) is 8.32. The topological polar surface area (TPSA) is 75.7 Å². The molecule has 1 rings (SSSR count). The molecule has 0 aliphatic rings. The van der Waals surface area contributed by atoms with Gasteiger partial charge in [-0.3, -0.25) is 9.63 Å². The summed E-state index contributed by atoms with van der Waals surface area (Å²) in [6.45, 7) is 0. The lowest BCUT2D eigenvalue weighted by molar-refractivity contribution is -0.170. The number of nitrogens with one attached hydrogen (secondary N) is 1. The molecule has 8 heteroatoms. The first-order chi connectivity index (χ1) is 10.9. The van der Waals surface area contributed by atoms with Crippen molar-refractivity contribution in [1.29, 1.82) is 0 Å². The summed E-state index contributed by atoms with van der Waals surface area (Å²) in [4.78, 5) is 17.0. The number of carbonyl (C=O) groups excluding carboxylic acids is 1. The normalized spacial score (nSPS) is 13.2. The van der Waals surface area contributed by atoms with Crippen molar-refractivity contribution in [3.63, 3.8) is 0 Å². The van der Waals surface area contributed by atoms with E-state index in [1.54, 1.807) is 12.1 Å². The van der Waals surface area contributed by atoms with Crippen molar-refractivity contribution in [3.8, 4) is 0 Å². The van der Waals surface area contributed by atoms with Crippen LogP contribution in [0.15, 0.2) is 35.7 Å². The molecule has 0 bridgehead atoms. The van der Waals surface area contributed by atoms with E-state index in [1.807, 2.05) is 24.5 Å². The highest BCUT2D eigenvalue weighted by Crippen LogP contribution is 2.08. The van der Waals surface area contributed by atoms with Crippen LogP contribution in [0.2, 0.25) is 0 Å². The highest BCUT2D eigenvalue weighted by atomic mass is 32.2. The Morgan fingerprint density at radius 3 is 2.61 bits per heavy atom. The van der Waals surface area contributed by atoms with Gasteiger partial charge >= 0.3 is 0 Å². The van der Waals surface area contributed by atoms with Gasteiger partial charge in [0.25, 0.3) is 5.91 Å². The fourth-order valence-corrected chi connectivity index (χ4v) is 3.25. The number of thioether (sulfide) groups is 1. The Labute approximate surface area is 141 Å². The minimum atomic E-state index is -3.74. The quantitative estimate of drug-likeness (QED) is 0.680. The molecular weight excluding hydrogens is 336 g/mol. The first-order valence-electron chi connectivity index (χ1n) is 6.95. The van der Waals surface area contributed by atoms with Gasteiger partial charge in [-0.25, -0.2) is 13.5 Å². The molecule has 0 aromatic heterocycles. The summed E-state index contributed by atoms with van der Waals surface area (Å²) in [5.74, 6) is 0.219. The Hall–Kier alpha value is -1.35. The number of hydrogen-bond donors (Lipinski definition) is 1. The van der Waals surface area contributed by atoms with Crippen molar-refractivity contribution in [1.82, 2.24) is 9.79 Å². The van der Waals surface area contributed by atoms with Gasteiger partial charge in [0.05, 0.1) is 7.11 Å². The molecule has 0 spiro atoms. The van der Waals surface area contributed by atoms with E-state index >= 15 is 0 Å². The van der Waals surface area contributed by atoms with E-state index in [-0.39, 0.29) is 0 Å². The van der Waals surface area contributed by atoms with Gasteiger partial charge in [0.1, 0.15) is 6.04 Å². The number of hydroxylamine groups is 2. The van der Waals surface area contributed by atoms with Crippen LogP contribution >= 0.6 is 11.8 Å². The van der Waals surface area contributed by atoms with Crippen LogP contribution in [0, 0.1) is 0 Å². The molecule has 1 N–H and O–H groups in total. The molecule has 128 valence electrons. The molecule has 0 aliphatic carbocycles. The number of amides is 1. The number of sulfonamides is 1. The zero-order valence-electron chi connectivity index (χ0n) is 13.4. The van der Waals surface area contributed by atoms with Gasteiger partial charge < -0.3 is 0 Å². The van der Waals surface area contributed by atoms with Crippen molar-refractivity contribution in [2.24, 2.45) is 0 Å². The Bertz CT molecular complexity index is 618. The summed E-state index contributed by atoms with van der Waals surface area (Å²) in [6, 6.07) is 8.21. The van der Waals surface area contributed by atoms with Crippen LogP contribution in [0.1, 0.15) is 12.0 Å². The molecule has 0 saturated heterocycles. The molecular formula is C15H22N2O4S2. The first-order valence-corrected chi connectivity index (χ1v) is 9.89. The van der Waals surface area contributed by atoms with Crippen LogP contribution in [0.3, 0.4) is 0 Å². The van der Waals surface area contributed by atoms with E-state index in [9.17, 15) is 13.2 Å². The molecule has 0 heterocycles. The summed E-state index contributed by atoms with van der Waals surface area (Å²) >= 11 is 1.54. The molecule has 6 nitrogen and oxygen atoms in total. The van der Waals surface area contributed by atoms with Gasteiger partial charge in [-0.05, 0) is 30.1 Å². The third-order valence-electron chi connectivity index (χ3n) is 3.04. The van der Waals surface area contributed by atoms with Crippen molar-refractivity contribution in [3.05, 3.63) is 41.3 Å². The molecule has 0 saturated carbocycles. The van der Waals surface area contributed by atoms with Gasteiger partial charge in [-0.2, -0.15) is 16.5 Å². The average molecular weight is 358 g/mol. The fourth-order valence-electron chi connectivity index (χ4n) is 1.75. The molecule has 1 atom stereocenters. The van der Waals surface area contributed by atoms with E-state index in [0.717, 1.165) is 16.0 Å². The van der Waals surface area contributed by atoms with Gasteiger partial charge in [0.15, 0.2) is 0 Å². The third kappa shape index (κ3) is 7.17. The largest absolute Gasteiger partial charge is 0.275 e. The highest BCUT2D eigenvalue weighted by molar-refractivity contribution is 7.98. The predicted octanol–water partition coefficient (Wildman–Crippen LogP) is 1.72. The summed E-state index contributed by atoms with van der Waals surface area (Å²) in [7, 11) is -0.938. The third-order valence-corrected chi connectivity index (χ3v) is 4.79. The minimum absolute atomic E-state index is 0.381. The zero-order chi connectivity index (χ0) is 17.3. The lowest BCUT2D eigenvalue weighted by Gasteiger charge is -2.21.